The van der Waals surface area contributed by atoms with Crippen LogP contribution in [0.1, 0.15) is 42.9 Å². The highest BCUT2D eigenvalue weighted by Crippen LogP contribution is 2.27. The molecule has 1 atom stereocenters. The Kier molecular flexibility index (Phi) is 5.45. The molecule has 1 aromatic heterocycles. The molecule has 0 bridgehead atoms. The number of rotatable bonds is 4. The fourth-order valence-corrected chi connectivity index (χ4v) is 3.65. The van der Waals surface area contributed by atoms with Gasteiger partial charge in [0.2, 0.25) is 0 Å². The Morgan fingerprint density at radius 1 is 1.47 bits per heavy atom. The van der Waals surface area contributed by atoms with Gasteiger partial charge in [-0.1, -0.05) is 25.7 Å². The molecule has 0 aromatic carbocycles. The number of aliphatic hydroxyl groups is 1. The predicted octanol–water partition coefficient (Wildman–Crippen LogP) is 3.10. The lowest BCUT2D eigenvalue weighted by Crippen LogP contribution is -2.32. The summed E-state index contributed by atoms with van der Waals surface area (Å²) in [4.78, 5) is 5.13. The van der Waals surface area contributed by atoms with Gasteiger partial charge >= 0.3 is 0 Å². The minimum Gasteiger partial charge on any atom is -0.395 e. The molecule has 2 nitrogen and oxygen atoms in total. The van der Waals surface area contributed by atoms with Crippen molar-refractivity contribution in [2.45, 2.75) is 45.7 Å². The summed E-state index contributed by atoms with van der Waals surface area (Å²) in [7, 11) is 0. The third-order valence-corrected chi connectivity index (χ3v) is 4.64. The second-order valence-electron chi connectivity index (χ2n) is 5.47. The van der Waals surface area contributed by atoms with E-state index in [-0.39, 0.29) is 6.61 Å². The standard InChI is InChI=1S/C16H23NOS/c1-13(2)16-7-5-10-17(16)12-15-9-8-14(19-15)6-3-4-11-18/h8-9,13,16,18H,4-5,7,10-12H2,1-2H3. The van der Waals surface area contributed by atoms with Gasteiger partial charge in [0.1, 0.15) is 0 Å². The number of likely N-dealkylation sites (tertiary alicyclic amines) is 1. The summed E-state index contributed by atoms with van der Waals surface area (Å²) in [6.45, 7) is 7.09. The molecule has 1 fully saturated rings. The molecule has 19 heavy (non-hydrogen) atoms. The molecule has 2 heterocycles. The van der Waals surface area contributed by atoms with E-state index in [1.807, 2.05) is 0 Å². The topological polar surface area (TPSA) is 23.5 Å². The predicted molar refractivity (Wildman–Crippen MR) is 81.2 cm³/mol. The van der Waals surface area contributed by atoms with Crippen molar-refractivity contribution in [3.8, 4) is 11.8 Å². The van der Waals surface area contributed by atoms with Crippen molar-refractivity contribution in [2.75, 3.05) is 13.2 Å². The summed E-state index contributed by atoms with van der Waals surface area (Å²) >= 11 is 1.79. The minimum atomic E-state index is 0.148. The van der Waals surface area contributed by atoms with Crippen LogP contribution < -0.4 is 0 Å². The fourth-order valence-electron chi connectivity index (χ4n) is 2.74. The number of hydrogen-bond donors (Lipinski definition) is 1. The quantitative estimate of drug-likeness (QED) is 0.855. The normalized spacial score (nSPS) is 19.7. The van der Waals surface area contributed by atoms with Gasteiger partial charge in [0.25, 0.3) is 0 Å². The molecule has 1 aromatic rings. The lowest BCUT2D eigenvalue weighted by Gasteiger charge is -2.26. The van der Waals surface area contributed by atoms with Gasteiger partial charge in [-0.25, -0.2) is 0 Å². The summed E-state index contributed by atoms with van der Waals surface area (Å²) in [6, 6.07) is 5.04. The highest BCUT2D eigenvalue weighted by molar-refractivity contribution is 7.12. The molecule has 0 spiro atoms. The molecule has 0 aliphatic carbocycles. The van der Waals surface area contributed by atoms with Crippen molar-refractivity contribution >= 4 is 11.3 Å². The van der Waals surface area contributed by atoms with Gasteiger partial charge in [0.05, 0.1) is 11.5 Å². The van der Waals surface area contributed by atoms with Crippen LogP contribution in [0.25, 0.3) is 0 Å². The first-order valence-corrected chi connectivity index (χ1v) is 7.95. The molecular weight excluding hydrogens is 254 g/mol. The Morgan fingerprint density at radius 2 is 2.32 bits per heavy atom. The molecule has 2 rings (SSSR count). The molecule has 1 N–H and O–H groups in total. The molecule has 104 valence electrons. The molecule has 3 heteroatoms. The lowest BCUT2D eigenvalue weighted by atomic mass is 10.0. The van der Waals surface area contributed by atoms with Gasteiger partial charge in [-0.15, -0.1) is 11.3 Å². The van der Waals surface area contributed by atoms with Crippen molar-refractivity contribution in [1.82, 2.24) is 4.90 Å². The Morgan fingerprint density at radius 3 is 3.05 bits per heavy atom. The molecule has 0 radical (unpaired) electrons. The van der Waals surface area contributed by atoms with E-state index in [1.165, 1.54) is 24.3 Å². The summed E-state index contributed by atoms with van der Waals surface area (Å²) in [5.74, 6) is 6.84. The van der Waals surface area contributed by atoms with E-state index in [4.69, 9.17) is 5.11 Å². The van der Waals surface area contributed by atoms with Gasteiger partial charge in [-0.3, -0.25) is 4.90 Å². The van der Waals surface area contributed by atoms with Crippen LogP contribution in [-0.4, -0.2) is 29.2 Å². The first-order valence-electron chi connectivity index (χ1n) is 7.13. The zero-order valence-electron chi connectivity index (χ0n) is 11.9. The average molecular weight is 277 g/mol. The smallest absolute Gasteiger partial charge is 0.0771 e. The molecule has 1 saturated heterocycles. The number of aliphatic hydroxyl groups excluding tert-OH is 1. The largest absolute Gasteiger partial charge is 0.395 e. The zero-order chi connectivity index (χ0) is 13.7. The molecule has 0 saturated carbocycles. The Balaban J connectivity index is 1.95. The maximum absolute atomic E-state index is 8.71. The molecule has 0 amide bonds. The summed E-state index contributed by atoms with van der Waals surface area (Å²) in [6.07, 6.45) is 3.23. The van der Waals surface area contributed by atoms with E-state index in [9.17, 15) is 0 Å². The number of hydrogen-bond acceptors (Lipinski definition) is 3. The van der Waals surface area contributed by atoms with Crippen LogP contribution in [0.5, 0.6) is 0 Å². The van der Waals surface area contributed by atoms with Crippen LogP contribution in [0, 0.1) is 17.8 Å². The van der Waals surface area contributed by atoms with Crippen LogP contribution in [0.15, 0.2) is 12.1 Å². The van der Waals surface area contributed by atoms with E-state index in [2.05, 4.69) is 42.7 Å². The second kappa shape index (κ2) is 7.09. The van der Waals surface area contributed by atoms with E-state index < -0.39 is 0 Å². The Labute approximate surface area is 120 Å². The van der Waals surface area contributed by atoms with Crippen molar-refractivity contribution in [2.24, 2.45) is 5.92 Å². The van der Waals surface area contributed by atoms with Gasteiger partial charge in [-0.05, 0) is 37.4 Å². The van der Waals surface area contributed by atoms with E-state index in [0.29, 0.717) is 6.42 Å². The summed E-state index contributed by atoms with van der Waals surface area (Å²) in [5.41, 5.74) is 0. The monoisotopic (exact) mass is 277 g/mol. The van der Waals surface area contributed by atoms with Crippen LogP contribution in [-0.2, 0) is 6.54 Å². The van der Waals surface area contributed by atoms with Gasteiger partial charge < -0.3 is 5.11 Å². The highest BCUT2D eigenvalue weighted by atomic mass is 32.1. The van der Waals surface area contributed by atoms with E-state index in [0.717, 1.165) is 23.4 Å². The van der Waals surface area contributed by atoms with Crippen LogP contribution in [0.4, 0.5) is 0 Å². The van der Waals surface area contributed by atoms with Crippen molar-refractivity contribution < 1.29 is 5.11 Å². The van der Waals surface area contributed by atoms with Crippen LogP contribution >= 0.6 is 11.3 Å². The Bertz CT molecular complexity index is 455. The van der Waals surface area contributed by atoms with E-state index >= 15 is 0 Å². The van der Waals surface area contributed by atoms with Gasteiger partial charge in [0, 0.05) is 23.9 Å². The molecule has 1 aliphatic heterocycles. The third-order valence-electron chi connectivity index (χ3n) is 3.65. The van der Waals surface area contributed by atoms with Gasteiger partial charge in [-0.2, -0.15) is 0 Å². The van der Waals surface area contributed by atoms with Gasteiger partial charge in [0.15, 0.2) is 0 Å². The van der Waals surface area contributed by atoms with E-state index in [1.54, 1.807) is 11.3 Å². The number of nitrogens with zero attached hydrogens (tertiary/aromatic N) is 1. The maximum atomic E-state index is 8.71. The fraction of sp³-hybridized carbons (Fsp3) is 0.625. The molecular formula is C16H23NOS. The van der Waals surface area contributed by atoms with Crippen LogP contribution in [0.3, 0.4) is 0 Å². The first kappa shape index (κ1) is 14.6. The lowest BCUT2D eigenvalue weighted by molar-refractivity contribution is 0.200. The summed E-state index contributed by atoms with van der Waals surface area (Å²) < 4.78 is 0. The van der Waals surface area contributed by atoms with Crippen LogP contribution in [0.2, 0.25) is 0 Å². The zero-order valence-corrected chi connectivity index (χ0v) is 12.7. The minimum absolute atomic E-state index is 0.148. The first-order chi connectivity index (χ1) is 9.20. The Hall–Kier alpha value is -0.820. The van der Waals surface area contributed by atoms with Crippen molar-refractivity contribution in [3.05, 3.63) is 21.9 Å². The highest BCUT2D eigenvalue weighted by Gasteiger charge is 2.26. The number of thiophene rings is 1. The van der Waals surface area contributed by atoms with Crippen molar-refractivity contribution in [1.29, 1.82) is 0 Å². The molecule has 1 unspecified atom stereocenters. The van der Waals surface area contributed by atoms with Crippen molar-refractivity contribution in [3.63, 3.8) is 0 Å². The molecule has 1 aliphatic rings. The average Bonchev–Trinajstić information content (AvgIpc) is 2.99. The summed E-state index contributed by atoms with van der Waals surface area (Å²) in [5, 5.41) is 8.71. The third kappa shape index (κ3) is 4.07. The second-order valence-corrected chi connectivity index (χ2v) is 6.63. The maximum Gasteiger partial charge on any atom is 0.0771 e. The SMILES string of the molecule is CC(C)C1CCCN1Cc1ccc(C#CCCO)s1.